The third-order valence-corrected chi connectivity index (χ3v) is 3.54. The van der Waals surface area contributed by atoms with Gasteiger partial charge < -0.3 is 5.11 Å². The Kier molecular flexibility index (Phi) is 3.79. The van der Waals surface area contributed by atoms with E-state index in [1.807, 2.05) is 13.0 Å². The Morgan fingerprint density at radius 1 is 1.41 bits per heavy atom. The smallest absolute Gasteiger partial charge is 0.303 e. The molecule has 0 radical (unpaired) electrons. The zero-order valence-electron chi connectivity index (χ0n) is 10.2. The third-order valence-electron chi connectivity index (χ3n) is 3.54. The van der Waals surface area contributed by atoms with E-state index in [1.165, 1.54) is 5.56 Å². The average Bonchev–Trinajstić information content (AvgIpc) is 2.23. The van der Waals surface area contributed by atoms with E-state index in [0.717, 1.165) is 19.6 Å². The van der Waals surface area contributed by atoms with Crippen molar-refractivity contribution in [2.24, 2.45) is 11.8 Å². The maximum atomic E-state index is 10.6. The van der Waals surface area contributed by atoms with Crippen molar-refractivity contribution in [2.45, 2.75) is 19.9 Å². The quantitative estimate of drug-likeness (QED) is 0.847. The van der Waals surface area contributed by atoms with Crippen LogP contribution in [0.15, 0.2) is 30.3 Å². The third kappa shape index (κ3) is 3.30. The van der Waals surface area contributed by atoms with Gasteiger partial charge in [0.1, 0.15) is 0 Å². The van der Waals surface area contributed by atoms with Crippen LogP contribution in [0.4, 0.5) is 0 Å². The summed E-state index contributed by atoms with van der Waals surface area (Å²) in [7, 11) is 0. The van der Waals surface area contributed by atoms with Gasteiger partial charge in [-0.15, -0.1) is 0 Å². The van der Waals surface area contributed by atoms with E-state index >= 15 is 0 Å². The lowest BCUT2D eigenvalue weighted by Crippen LogP contribution is -2.49. The largest absolute Gasteiger partial charge is 0.481 e. The second kappa shape index (κ2) is 5.32. The van der Waals surface area contributed by atoms with Gasteiger partial charge >= 0.3 is 5.97 Å². The lowest BCUT2D eigenvalue weighted by Gasteiger charge is -2.42. The first-order valence-corrected chi connectivity index (χ1v) is 6.13. The van der Waals surface area contributed by atoms with E-state index in [0.29, 0.717) is 18.3 Å². The van der Waals surface area contributed by atoms with Crippen molar-refractivity contribution in [2.75, 3.05) is 13.1 Å². The topological polar surface area (TPSA) is 40.5 Å². The molecule has 2 rings (SSSR count). The Hall–Kier alpha value is -1.35. The molecule has 1 saturated heterocycles. The summed E-state index contributed by atoms with van der Waals surface area (Å²) in [6, 6.07) is 10.4. The average molecular weight is 233 g/mol. The van der Waals surface area contributed by atoms with E-state index in [9.17, 15) is 4.79 Å². The van der Waals surface area contributed by atoms with Gasteiger partial charge in [-0.05, 0) is 17.4 Å². The molecule has 92 valence electrons. The maximum absolute atomic E-state index is 10.6. The zero-order chi connectivity index (χ0) is 12.3. The summed E-state index contributed by atoms with van der Waals surface area (Å²) in [5.41, 5.74) is 1.33. The molecule has 1 heterocycles. The summed E-state index contributed by atoms with van der Waals surface area (Å²) in [6.07, 6.45) is 0.295. The van der Waals surface area contributed by atoms with Crippen molar-refractivity contribution >= 4 is 5.97 Å². The molecule has 0 bridgehead atoms. The monoisotopic (exact) mass is 233 g/mol. The predicted molar refractivity (Wildman–Crippen MR) is 66.6 cm³/mol. The Morgan fingerprint density at radius 2 is 2.06 bits per heavy atom. The highest BCUT2D eigenvalue weighted by Crippen LogP contribution is 2.27. The van der Waals surface area contributed by atoms with Crippen LogP contribution in [-0.2, 0) is 11.3 Å². The summed E-state index contributed by atoms with van der Waals surface area (Å²) in [4.78, 5) is 13.0. The molecule has 0 aliphatic carbocycles. The maximum Gasteiger partial charge on any atom is 0.303 e. The minimum Gasteiger partial charge on any atom is -0.481 e. The number of likely N-dealkylation sites (tertiary alicyclic amines) is 1. The fourth-order valence-corrected chi connectivity index (χ4v) is 2.38. The molecule has 1 N–H and O–H groups in total. The number of carboxylic acids is 1. The van der Waals surface area contributed by atoms with Crippen LogP contribution in [0.2, 0.25) is 0 Å². The number of carboxylic acid groups (broad SMARTS) is 1. The van der Waals surface area contributed by atoms with Gasteiger partial charge in [0.05, 0.1) is 0 Å². The van der Waals surface area contributed by atoms with Crippen LogP contribution in [-0.4, -0.2) is 29.1 Å². The normalized spacial score (nSPS) is 18.6. The predicted octanol–water partition coefficient (Wildman–Crippen LogP) is 2.23. The lowest BCUT2D eigenvalue weighted by molar-refractivity contribution is -0.139. The summed E-state index contributed by atoms with van der Waals surface area (Å²) < 4.78 is 0. The summed E-state index contributed by atoms with van der Waals surface area (Å²) in [5.74, 6) is 0.161. The van der Waals surface area contributed by atoms with Gasteiger partial charge in [0.2, 0.25) is 0 Å². The van der Waals surface area contributed by atoms with Crippen LogP contribution in [0.1, 0.15) is 18.9 Å². The Labute approximate surface area is 102 Å². The van der Waals surface area contributed by atoms with Gasteiger partial charge in [0.15, 0.2) is 0 Å². The SMILES string of the molecule is CC(CC(=O)O)C1CN(Cc2ccccc2)C1. The van der Waals surface area contributed by atoms with Crippen molar-refractivity contribution < 1.29 is 9.90 Å². The molecule has 0 amide bonds. The minimum absolute atomic E-state index is 0.291. The van der Waals surface area contributed by atoms with Crippen LogP contribution in [0.5, 0.6) is 0 Å². The van der Waals surface area contributed by atoms with Crippen LogP contribution in [0.3, 0.4) is 0 Å². The first kappa shape index (κ1) is 12.1. The fraction of sp³-hybridized carbons (Fsp3) is 0.500. The Morgan fingerprint density at radius 3 is 2.65 bits per heavy atom. The standard InChI is InChI=1S/C14H19NO2/c1-11(7-14(16)17)13-9-15(10-13)8-12-5-3-2-4-6-12/h2-6,11,13H,7-10H2,1H3,(H,16,17). The number of hydrogen-bond acceptors (Lipinski definition) is 2. The zero-order valence-corrected chi connectivity index (χ0v) is 10.2. The van der Waals surface area contributed by atoms with Gasteiger partial charge in [-0.25, -0.2) is 0 Å². The van der Waals surface area contributed by atoms with Gasteiger partial charge in [-0.2, -0.15) is 0 Å². The van der Waals surface area contributed by atoms with Crippen molar-refractivity contribution in [3.05, 3.63) is 35.9 Å². The molecular formula is C14H19NO2. The van der Waals surface area contributed by atoms with E-state index in [-0.39, 0.29) is 0 Å². The molecule has 1 aliphatic rings. The highest BCUT2D eigenvalue weighted by atomic mass is 16.4. The van der Waals surface area contributed by atoms with Crippen LogP contribution >= 0.6 is 0 Å². The first-order valence-electron chi connectivity index (χ1n) is 6.13. The molecule has 1 atom stereocenters. The molecule has 17 heavy (non-hydrogen) atoms. The molecule has 1 fully saturated rings. The van der Waals surface area contributed by atoms with E-state index in [4.69, 9.17) is 5.11 Å². The minimum atomic E-state index is -0.681. The molecule has 3 nitrogen and oxygen atoms in total. The molecule has 1 aliphatic heterocycles. The molecular weight excluding hydrogens is 214 g/mol. The van der Waals surface area contributed by atoms with E-state index in [2.05, 4.69) is 29.2 Å². The van der Waals surface area contributed by atoms with Crippen molar-refractivity contribution in [1.29, 1.82) is 0 Å². The lowest BCUT2D eigenvalue weighted by atomic mass is 9.85. The second-order valence-corrected chi connectivity index (χ2v) is 5.01. The highest BCUT2D eigenvalue weighted by molar-refractivity contribution is 5.67. The number of aliphatic carboxylic acids is 1. The fourth-order valence-electron chi connectivity index (χ4n) is 2.38. The molecule has 0 aromatic heterocycles. The van der Waals surface area contributed by atoms with Crippen molar-refractivity contribution in [1.82, 2.24) is 4.90 Å². The van der Waals surface area contributed by atoms with Crippen LogP contribution in [0.25, 0.3) is 0 Å². The molecule has 0 saturated carbocycles. The molecule has 1 unspecified atom stereocenters. The molecule has 0 spiro atoms. The summed E-state index contributed by atoms with van der Waals surface area (Å²) in [5, 5.41) is 8.74. The Bertz CT molecular complexity index is 371. The number of nitrogens with zero attached hydrogens (tertiary/aromatic N) is 1. The molecule has 3 heteroatoms. The molecule has 1 aromatic rings. The first-order chi connectivity index (χ1) is 8.15. The highest BCUT2D eigenvalue weighted by Gasteiger charge is 2.31. The second-order valence-electron chi connectivity index (χ2n) is 5.01. The van der Waals surface area contributed by atoms with Crippen LogP contribution < -0.4 is 0 Å². The van der Waals surface area contributed by atoms with Gasteiger partial charge in [-0.1, -0.05) is 37.3 Å². The summed E-state index contributed by atoms with van der Waals surface area (Å²) in [6.45, 7) is 5.09. The van der Waals surface area contributed by atoms with Crippen LogP contribution in [0, 0.1) is 11.8 Å². The molecule has 1 aromatic carbocycles. The van der Waals surface area contributed by atoms with Crippen molar-refractivity contribution in [3.8, 4) is 0 Å². The van der Waals surface area contributed by atoms with Crippen molar-refractivity contribution in [3.63, 3.8) is 0 Å². The number of benzene rings is 1. The summed E-state index contributed by atoms with van der Waals surface area (Å²) >= 11 is 0. The van der Waals surface area contributed by atoms with E-state index in [1.54, 1.807) is 0 Å². The van der Waals surface area contributed by atoms with Gasteiger partial charge in [0, 0.05) is 26.1 Å². The number of hydrogen-bond donors (Lipinski definition) is 1. The van der Waals surface area contributed by atoms with Gasteiger partial charge in [0.25, 0.3) is 0 Å². The Balaban J connectivity index is 1.74. The van der Waals surface area contributed by atoms with E-state index < -0.39 is 5.97 Å². The number of carbonyl (C=O) groups is 1. The van der Waals surface area contributed by atoms with Gasteiger partial charge in [-0.3, -0.25) is 9.69 Å². The number of rotatable bonds is 5.